The van der Waals surface area contributed by atoms with Gasteiger partial charge in [0.2, 0.25) is 0 Å². The summed E-state index contributed by atoms with van der Waals surface area (Å²) in [7, 11) is 0. The molecule has 3 atom stereocenters. The third kappa shape index (κ3) is 4.11. The van der Waals surface area contributed by atoms with Gasteiger partial charge < -0.3 is 15.3 Å². The van der Waals surface area contributed by atoms with Crippen LogP contribution in [0.3, 0.4) is 0 Å². The fourth-order valence-electron chi connectivity index (χ4n) is 9.08. The third-order valence-electron chi connectivity index (χ3n) is 11.7. The van der Waals surface area contributed by atoms with Gasteiger partial charge in [-0.15, -0.1) is 0 Å². The van der Waals surface area contributed by atoms with Gasteiger partial charge in [-0.3, -0.25) is 0 Å². The van der Waals surface area contributed by atoms with Crippen LogP contribution < -0.4 is 0 Å². The number of hydrogen-bond donors (Lipinski definition) is 3. The average Bonchev–Trinajstić information content (AvgIpc) is 3.17. The van der Waals surface area contributed by atoms with E-state index in [9.17, 15) is 15.3 Å². The fourth-order valence-corrected chi connectivity index (χ4v) is 9.08. The molecular weight excluding hydrogens is 492 g/mol. The molecule has 0 radical (unpaired) electrons. The number of benzene rings is 3. The van der Waals surface area contributed by atoms with Gasteiger partial charge >= 0.3 is 0 Å². The van der Waals surface area contributed by atoms with E-state index < -0.39 is 5.60 Å². The van der Waals surface area contributed by atoms with Crippen molar-refractivity contribution in [2.24, 2.45) is 5.92 Å². The van der Waals surface area contributed by atoms with Crippen LogP contribution in [0.2, 0.25) is 0 Å². The molecule has 3 N–H and O–H groups in total. The highest BCUT2D eigenvalue weighted by Crippen LogP contribution is 2.62. The quantitative estimate of drug-likeness (QED) is 0.267. The molecule has 0 amide bonds. The van der Waals surface area contributed by atoms with Gasteiger partial charge in [0.25, 0.3) is 0 Å². The maximum atomic E-state index is 12.6. The second-order valence-corrected chi connectivity index (χ2v) is 13.2. The lowest BCUT2D eigenvalue weighted by Crippen LogP contribution is -2.55. The lowest BCUT2D eigenvalue weighted by atomic mass is 9.54. The van der Waals surface area contributed by atoms with Crippen molar-refractivity contribution in [1.29, 1.82) is 0 Å². The lowest BCUT2D eigenvalue weighted by Gasteiger charge is -2.53. The number of phenols is 2. The minimum Gasteiger partial charge on any atom is -0.508 e. The minimum absolute atomic E-state index is 0.0607. The Morgan fingerprint density at radius 1 is 0.725 bits per heavy atom. The largest absolute Gasteiger partial charge is 0.508 e. The molecule has 0 aromatic heterocycles. The number of hydrogen-bond acceptors (Lipinski definition) is 3. The van der Waals surface area contributed by atoms with E-state index in [4.69, 9.17) is 0 Å². The van der Waals surface area contributed by atoms with Crippen LogP contribution in [-0.2, 0) is 16.2 Å². The highest BCUT2D eigenvalue weighted by molar-refractivity contribution is 5.51. The second-order valence-electron chi connectivity index (χ2n) is 13.2. The Morgan fingerprint density at radius 2 is 1.25 bits per heavy atom. The van der Waals surface area contributed by atoms with E-state index in [-0.39, 0.29) is 22.0 Å². The Kier molecular flexibility index (Phi) is 7.36. The van der Waals surface area contributed by atoms with Crippen molar-refractivity contribution in [3.63, 3.8) is 0 Å². The van der Waals surface area contributed by atoms with E-state index in [1.54, 1.807) is 12.1 Å². The van der Waals surface area contributed by atoms with Gasteiger partial charge in [-0.25, -0.2) is 0 Å². The molecule has 0 saturated heterocycles. The molecule has 40 heavy (non-hydrogen) atoms. The Bertz CT molecular complexity index is 1330. The van der Waals surface area contributed by atoms with E-state index in [0.717, 1.165) is 50.5 Å². The van der Waals surface area contributed by atoms with Crippen molar-refractivity contribution < 1.29 is 15.3 Å². The summed E-state index contributed by atoms with van der Waals surface area (Å²) in [5.74, 6) is 1.39. The van der Waals surface area contributed by atoms with Crippen LogP contribution in [-0.4, -0.2) is 20.9 Å². The molecule has 3 aromatic rings. The highest BCUT2D eigenvalue weighted by Gasteiger charge is 2.58. The lowest BCUT2D eigenvalue weighted by molar-refractivity contribution is -0.0979. The number of aliphatic hydroxyl groups is 1. The van der Waals surface area contributed by atoms with Crippen LogP contribution in [0.1, 0.15) is 120 Å². The van der Waals surface area contributed by atoms with Crippen molar-refractivity contribution in [2.45, 2.75) is 114 Å². The zero-order valence-corrected chi connectivity index (χ0v) is 25.3. The summed E-state index contributed by atoms with van der Waals surface area (Å²) < 4.78 is 0. The summed E-state index contributed by atoms with van der Waals surface area (Å²) >= 11 is 0. The zero-order valence-electron chi connectivity index (χ0n) is 25.3. The van der Waals surface area contributed by atoms with E-state index in [2.05, 4.69) is 71.9 Å². The maximum absolute atomic E-state index is 12.6. The topological polar surface area (TPSA) is 60.7 Å². The van der Waals surface area contributed by atoms with Crippen LogP contribution in [0.5, 0.6) is 11.5 Å². The van der Waals surface area contributed by atoms with E-state index >= 15 is 0 Å². The van der Waals surface area contributed by atoms with E-state index in [1.807, 2.05) is 24.3 Å². The van der Waals surface area contributed by atoms with Gasteiger partial charge in [0.1, 0.15) is 11.5 Å². The molecule has 3 nitrogen and oxygen atoms in total. The molecule has 3 aromatic carbocycles. The molecule has 5 rings (SSSR count). The summed E-state index contributed by atoms with van der Waals surface area (Å²) in [4.78, 5) is 0. The van der Waals surface area contributed by atoms with Crippen LogP contribution in [0.15, 0.2) is 66.7 Å². The van der Waals surface area contributed by atoms with Gasteiger partial charge in [-0.2, -0.15) is 0 Å². The van der Waals surface area contributed by atoms with Crippen LogP contribution in [0.4, 0.5) is 0 Å². The first-order chi connectivity index (χ1) is 19.0. The molecule has 2 aliphatic carbocycles. The normalized spacial score (nSPS) is 24.0. The van der Waals surface area contributed by atoms with Gasteiger partial charge in [-0.1, -0.05) is 84.0 Å². The number of aromatic hydroxyl groups is 2. The van der Waals surface area contributed by atoms with Gasteiger partial charge in [0.05, 0.1) is 5.60 Å². The summed E-state index contributed by atoms with van der Waals surface area (Å²) in [5.41, 5.74) is 5.33. The summed E-state index contributed by atoms with van der Waals surface area (Å²) in [6.45, 7) is 13.7. The molecule has 0 heterocycles. The second kappa shape index (κ2) is 10.2. The monoisotopic (exact) mass is 540 g/mol. The van der Waals surface area contributed by atoms with Crippen molar-refractivity contribution in [3.05, 3.63) is 94.5 Å². The Balaban J connectivity index is 1.55. The third-order valence-corrected chi connectivity index (χ3v) is 11.7. The van der Waals surface area contributed by atoms with Gasteiger partial charge in [-0.05, 0) is 114 Å². The highest BCUT2D eigenvalue weighted by atomic mass is 16.3. The Morgan fingerprint density at radius 3 is 1.77 bits per heavy atom. The number of rotatable bonds is 8. The molecule has 0 aliphatic heterocycles. The molecule has 2 aliphatic rings. The van der Waals surface area contributed by atoms with Gasteiger partial charge in [0, 0.05) is 10.8 Å². The molecule has 1 fully saturated rings. The summed E-state index contributed by atoms with van der Waals surface area (Å²) in [6, 6.07) is 22.6. The molecule has 0 spiro atoms. The van der Waals surface area contributed by atoms with Crippen LogP contribution in [0, 0.1) is 5.92 Å². The molecule has 0 bridgehead atoms. The number of fused-ring (bicyclic) bond motifs is 3. The minimum atomic E-state index is -0.806. The SMILES string of the molecule is CCC(CC)(c1ccc(O)cc1)c1ccc2c(c1)C(C)(C)C1CC(O)(C(CC)(CC)c3ccc(O)cc3)CCC21. The predicted octanol–water partition coefficient (Wildman–Crippen LogP) is 8.87. The van der Waals surface area contributed by atoms with Crippen molar-refractivity contribution in [2.75, 3.05) is 0 Å². The zero-order chi connectivity index (χ0) is 28.9. The summed E-state index contributed by atoms with van der Waals surface area (Å²) in [6.07, 6.45) is 6.26. The molecule has 3 heteroatoms. The van der Waals surface area contributed by atoms with Crippen molar-refractivity contribution >= 4 is 0 Å². The van der Waals surface area contributed by atoms with Crippen LogP contribution in [0.25, 0.3) is 0 Å². The maximum Gasteiger partial charge on any atom is 0.115 e. The van der Waals surface area contributed by atoms with E-state index in [1.165, 1.54) is 22.3 Å². The molecule has 1 saturated carbocycles. The van der Waals surface area contributed by atoms with Crippen molar-refractivity contribution in [3.8, 4) is 11.5 Å². The molecule has 214 valence electrons. The Hall–Kier alpha value is -2.78. The van der Waals surface area contributed by atoms with Crippen molar-refractivity contribution in [1.82, 2.24) is 0 Å². The molecule has 3 unspecified atom stereocenters. The van der Waals surface area contributed by atoms with Crippen LogP contribution >= 0.6 is 0 Å². The smallest absolute Gasteiger partial charge is 0.115 e. The Labute approximate surface area is 241 Å². The predicted molar refractivity (Wildman–Crippen MR) is 164 cm³/mol. The first kappa shape index (κ1) is 28.7. The van der Waals surface area contributed by atoms with E-state index in [0.29, 0.717) is 17.6 Å². The summed E-state index contributed by atoms with van der Waals surface area (Å²) in [5, 5.41) is 32.5. The van der Waals surface area contributed by atoms with Gasteiger partial charge in [0.15, 0.2) is 0 Å². The first-order valence-electron chi connectivity index (χ1n) is 15.5. The molecular formula is C37H48O3. The first-order valence-corrected chi connectivity index (χ1v) is 15.5. The number of phenolic OH excluding ortho intramolecular Hbond substituents is 2. The fraction of sp³-hybridized carbons (Fsp3) is 0.514. The average molecular weight is 541 g/mol. The standard InChI is InChI=1S/C37H48O3/c1-7-35(8-2,25-11-16-28(38)17-12-25)27-15-20-30-31-21-22-37(40,24-33(31)34(5,6)32(30)23-27)36(9-3,10-4)26-13-18-29(39)19-14-26/h11-20,23,31,33,38-40H,7-10,21-22,24H2,1-6H3.